The molecule has 1 saturated carbocycles. The van der Waals surface area contributed by atoms with Crippen LogP contribution in [-0.4, -0.2) is 107 Å². The maximum absolute atomic E-state index is 13.0. The van der Waals surface area contributed by atoms with Crippen LogP contribution >= 0.6 is 0 Å². The van der Waals surface area contributed by atoms with Crippen LogP contribution in [0, 0.1) is 0 Å². The van der Waals surface area contributed by atoms with Crippen molar-refractivity contribution < 1.29 is 55.0 Å². The van der Waals surface area contributed by atoms with E-state index in [-0.39, 0.29) is 6.42 Å². The minimum Gasteiger partial charge on any atom is -0.393 e. The van der Waals surface area contributed by atoms with Crippen molar-refractivity contribution in [2.24, 2.45) is 5.73 Å². The zero-order valence-electron chi connectivity index (χ0n) is 16.4. The highest BCUT2D eigenvalue weighted by atomic mass is 32.2. The number of amides is 2. The molecule has 172 valence electrons. The van der Waals surface area contributed by atoms with Crippen molar-refractivity contribution in [1.82, 2.24) is 5.32 Å². The Kier molecular flexibility index (Phi) is 6.34. The summed E-state index contributed by atoms with van der Waals surface area (Å²) in [7, 11) is -2.23. The number of carbonyl (C=O) groups excluding carboxylic acids is 1. The first-order chi connectivity index (χ1) is 12.7. The molecule has 13 nitrogen and oxygen atoms in total. The molecule has 1 aliphatic rings. The molecular formula is C15H30N2O11S. The SMILES string of the molecule is CCC(C)(C)S(=O)CC1(NC(N)=O)C(O)(O)C(C)(O)C(O)(O)C(O)(O)C1(O)CO. The van der Waals surface area contributed by atoms with Gasteiger partial charge < -0.3 is 57.0 Å². The minimum atomic E-state index is -4.31. The molecule has 1 fully saturated rings. The summed E-state index contributed by atoms with van der Waals surface area (Å²) >= 11 is 0. The van der Waals surface area contributed by atoms with Crippen LogP contribution in [-0.2, 0) is 10.8 Å². The van der Waals surface area contributed by atoms with E-state index in [1.54, 1.807) is 12.2 Å². The second kappa shape index (κ2) is 7.05. The van der Waals surface area contributed by atoms with Crippen LogP contribution in [0.15, 0.2) is 0 Å². The lowest BCUT2D eigenvalue weighted by Crippen LogP contribution is -2.99. The van der Waals surface area contributed by atoms with E-state index in [1.807, 2.05) is 0 Å². The average Bonchev–Trinajstić information content (AvgIpc) is 2.57. The molecule has 12 N–H and O–H groups in total. The summed E-state index contributed by atoms with van der Waals surface area (Å²) in [6, 6.07) is -1.62. The molecule has 0 radical (unpaired) electrons. The molecule has 0 aromatic rings. The van der Waals surface area contributed by atoms with E-state index < -0.39 is 68.0 Å². The third-order valence-corrected chi connectivity index (χ3v) is 8.32. The number of hydrogen-bond acceptors (Lipinski definition) is 11. The second-order valence-electron chi connectivity index (χ2n) is 8.10. The van der Waals surface area contributed by atoms with Crippen molar-refractivity contribution in [1.29, 1.82) is 0 Å². The normalized spacial score (nSPS) is 37.0. The number of aliphatic hydroxyl groups excluding tert-OH is 1. The maximum atomic E-state index is 13.0. The van der Waals surface area contributed by atoms with Crippen LogP contribution in [0.3, 0.4) is 0 Å². The Balaban J connectivity index is 4.04. The average molecular weight is 446 g/mol. The smallest absolute Gasteiger partial charge is 0.312 e. The summed E-state index contributed by atoms with van der Waals surface area (Å²) in [6.45, 7) is 3.04. The van der Waals surface area contributed by atoms with Gasteiger partial charge in [0.2, 0.25) is 5.79 Å². The lowest BCUT2D eigenvalue weighted by molar-refractivity contribution is -0.531. The fourth-order valence-electron chi connectivity index (χ4n) is 3.33. The van der Waals surface area contributed by atoms with Crippen molar-refractivity contribution in [2.75, 3.05) is 12.4 Å². The Hall–Kier alpha value is -0.940. The molecule has 14 heteroatoms. The standard InChI is InChI=1S/C15H30N2O11S/c1-5-9(2,3)29(28)7-11(17-8(16)19)12(21,6-18)15(26,27)14(24,25)10(4,20)13(11,22)23/h18,20-27H,5-7H2,1-4H3,(H3,16,17,19). The monoisotopic (exact) mass is 446 g/mol. The van der Waals surface area contributed by atoms with Gasteiger partial charge >= 0.3 is 6.03 Å². The molecular weight excluding hydrogens is 416 g/mol. The Morgan fingerprint density at radius 2 is 1.45 bits per heavy atom. The van der Waals surface area contributed by atoms with Gasteiger partial charge in [0.25, 0.3) is 11.6 Å². The van der Waals surface area contributed by atoms with Crippen molar-refractivity contribution in [3.8, 4) is 0 Å². The first kappa shape index (κ1) is 26.1. The van der Waals surface area contributed by atoms with E-state index in [0.29, 0.717) is 6.92 Å². The van der Waals surface area contributed by atoms with Crippen molar-refractivity contribution in [3.05, 3.63) is 0 Å². The molecule has 1 rings (SSSR count). The molecule has 0 aromatic heterocycles. The zero-order valence-corrected chi connectivity index (χ0v) is 17.3. The van der Waals surface area contributed by atoms with Gasteiger partial charge in [-0.15, -0.1) is 0 Å². The zero-order chi connectivity index (χ0) is 23.5. The van der Waals surface area contributed by atoms with Crippen LogP contribution in [0.2, 0.25) is 0 Å². The topological polar surface area (TPSA) is 254 Å². The third kappa shape index (κ3) is 3.02. The van der Waals surface area contributed by atoms with Crippen molar-refractivity contribution >= 4 is 16.8 Å². The van der Waals surface area contributed by atoms with Crippen LogP contribution in [0.4, 0.5) is 4.79 Å². The van der Waals surface area contributed by atoms with Crippen LogP contribution in [0.5, 0.6) is 0 Å². The van der Waals surface area contributed by atoms with Gasteiger partial charge in [-0.2, -0.15) is 0 Å². The van der Waals surface area contributed by atoms with Gasteiger partial charge in [0.1, 0.15) is 5.54 Å². The van der Waals surface area contributed by atoms with Gasteiger partial charge in [0, 0.05) is 15.5 Å². The summed E-state index contributed by atoms with van der Waals surface area (Å²) in [5.74, 6) is -13.8. The van der Waals surface area contributed by atoms with Gasteiger partial charge in [-0.1, -0.05) is 6.92 Å². The van der Waals surface area contributed by atoms with E-state index in [2.05, 4.69) is 0 Å². The Morgan fingerprint density at radius 1 is 1.00 bits per heavy atom. The molecule has 0 aliphatic heterocycles. The lowest BCUT2D eigenvalue weighted by Gasteiger charge is -2.67. The highest BCUT2D eigenvalue weighted by molar-refractivity contribution is 7.86. The number of nitrogens with two attached hydrogens (primary N) is 1. The molecule has 0 aromatic carbocycles. The Labute approximate surface area is 168 Å². The fourth-order valence-corrected chi connectivity index (χ4v) is 4.95. The fraction of sp³-hybridized carbons (Fsp3) is 0.933. The molecule has 0 heterocycles. The van der Waals surface area contributed by atoms with Crippen LogP contribution < -0.4 is 11.1 Å². The molecule has 0 saturated heterocycles. The molecule has 0 spiro atoms. The predicted molar refractivity (Wildman–Crippen MR) is 97.0 cm³/mol. The van der Waals surface area contributed by atoms with Gasteiger partial charge in [0.15, 0.2) is 11.2 Å². The molecule has 0 bridgehead atoms. The van der Waals surface area contributed by atoms with Gasteiger partial charge in [-0.05, 0) is 27.2 Å². The Bertz CT molecular complexity index is 694. The summed E-state index contributed by atoms with van der Waals surface area (Å²) in [6.07, 6.45) is 0.220. The second-order valence-corrected chi connectivity index (χ2v) is 10.2. The van der Waals surface area contributed by atoms with E-state index in [1.165, 1.54) is 13.8 Å². The van der Waals surface area contributed by atoms with Crippen LogP contribution in [0.25, 0.3) is 0 Å². The first-order valence-corrected chi connectivity index (χ1v) is 9.84. The number of urea groups is 1. The largest absolute Gasteiger partial charge is 0.393 e. The number of hydrogen-bond donors (Lipinski definition) is 11. The molecule has 29 heavy (non-hydrogen) atoms. The van der Waals surface area contributed by atoms with E-state index in [4.69, 9.17) is 5.73 Å². The van der Waals surface area contributed by atoms with E-state index in [0.717, 1.165) is 0 Å². The van der Waals surface area contributed by atoms with Gasteiger partial charge in [0.05, 0.1) is 12.4 Å². The third-order valence-electron chi connectivity index (χ3n) is 6.10. The van der Waals surface area contributed by atoms with E-state index in [9.17, 15) is 55.0 Å². The number of carbonyl (C=O) groups is 1. The highest BCUT2D eigenvalue weighted by Crippen LogP contribution is 2.56. The number of nitrogens with one attached hydrogen (secondary N) is 1. The summed E-state index contributed by atoms with van der Waals surface area (Å²) in [4.78, 5) is 11.7. The van der Waals surface area contributed by atoms with E-state index >= 15 is 0 Å². The lowest BCUT2D eigenvalue weighted by atomic mass is 9.54. The molecule has 4 unspecified atom stereocenters. The van der Waals surface area contributed by atoms with Crippen molar-refractivity contribution in [2.45, 2.75) is 73.0 Å². The predicted octanol–water partition coefficient (Wildman–Crippen LogP) is -5.14. The molecule has 2 amide bonds. The minimum absolute atomic E-state index is 0.220. The van der Waals surface area contributed by atoms with Crippen molar-refractivity contribution in [3.63, 3.8) is 0 Å². The molecule has 1 aliphatic carbocycles. The summed E-state index contributed by atoms with van der Waals surface area (Å²) < 4.78 is 11.8. The van der Waals surface area contributed by atoms with Gasteiger partial charge in [-0.25, -0.2) is 4.79 Å². The molecule has 4 atom stereocenters. The van der Waals surface area contributed by atoms with Crippen LogP contribution in [0.1, 0.15) is 34.1 Å². The summed E-state index contributed by atoms with van der Waals surface area (Å²) in [5, 5.41) is 95.4. The number of aliphatic hydroxyl groups is 9. The quantitative estimate of drug-likeness (QED) is 0.172. The first-order valence-electron chi connectivity index (χ1n) is 8.53. The number of rotatable bonds is 6. The van der Waals surface area contributed by atoms with Gasteiger partial charge in [-0.3, -0.25) is 4.21 Å². The summed E-state index contributed by atoms with van der Waals surface area (Å²) in [5.41, 5.74) is -5.87. The Morgan fingerprint density at radius 3 is 1.79 bits per heavy atom. The maximum Gasteiger partial charge on any atom is 0.312 e. The highest BCUT2D eigenvalue weighted by Gasteiger charge is 2.89. The number of primary amides is 1.